The summed E-state index contributed by atoms with van der Waals surface area (Å²) >= 11 is 11.9. The molecular weight excluding hydrogens is 365 g/mol. The fraction of sp³-hybridized carbons (Fsp3) is 0.294. The molecule has 0 N–H and O–H groups in total. The Morgan fingerprint density at radius 1 is 1.16 bits per heavy atom. The van der Waals surface area contributed by atoms with E-state index in [0.717, 1.165) is 6.08 Å². The van der Waals surface area contributed by atoms with Gasteiger partial charge in [-0.25, -0.2) is 4.79 Å². The van der Waals surface area contributed by atoms with E-state index < -0.39 is 18.5 Å². The summed E-state index contributed by atoms with van der Waals surface area (Å²) in [6, 6.07) is 8.83. The highest BCUT2D eigenvalue weighted by molar-refractivity contribution is 6.42. The van der Waals surface area contributed by atoms with Gasteiger partial charge < -0.3 is 9.64 Å². The molecule has 0 saturated carbocycles. The van der Waals surface area contributed by atoms with Crippen molar-refractivity contribution >= 4 is 41.2 Å². The fourth-order valence-electron chi connectivity index (χ4n) is 1.81. The maximum atomic E-state index is 12.0. The van der Waals surface area contributed by atoms with Crippen LogP contribution >= 0.6 is 23.2 Å². The second-order valence-electron chi connectivity index (χ2n) is 4.78. The van der Waals surface area contributed by atoms with Crippen LogP contribution in [0.1, 0.15) is 18.4 Å². The number of rotatable bonds is 8. The molecule has 8 heteroatoms. The summed E-state index contributed by atoms with van der Waals surface area (Å²) in [6.45, 7) is -0.103. The molecule has 25 heavy (non-hydrogen) atoms. The minimum atomic E-state index is -0.718. The third-order valence-corrected chi connectivity index (χ3v) is 3.89. The van der Waals surface area contributed by atoms with Crippen LogP contribution in [0.5, 0.6) is 0 Å². The third-order valence-electron chi connectivity index (χ3n) is 3.06. The Morgan fingerprint density at radius 2 is 1.80 bits per heavy atom. The smallest absolute Gasteiger partial charge is 0.331 e. The maximum absolute atomic E-state index is 12.0. The van der Waals surface area contributed by atoms with Crippen molar-refractivity contribution < 1.29 is 14.3 Å². The van der Waals surface area contributed by atoms with E-state index in [4.69, 9.17) is 38.5 Å². The lowest BCUT2D eigenvalue weighted by Crippen LogP contribution is -2.36. The van der Waals surface area contributed by atoms with Gasteiger partial charge in [-0.05, 0) is 17.7 Å². The number of hydrogen-bond acceptors (Lipinski definition) is 5. The summed E-state index contributed by atoms with van der Waals surface area (Å²) in [5.74, 6) is -1.18. The summed E-state index contributed by atoms with van der Waals surface area (Å²) in [4.78, 5) is 25.0. The molecule has 0 aliphatic heterocycles. The van der Waals surface area contributed by atoms with Crippen LogP contribution in [0.3, 0.4) is 0 Å². The Morgan fingerprint density at radius 3 is 2.40 bits per heavy atom. The zero-order valence-electron chi connectivity index (χ0n) is 13.2. The van der Waals surface area contributed by atoms with Crippen molar-refractivity contribution in [2.24, 2.45) is 0 Å². The van der Waals surface area contributed by atoms with Crippen LogP contribution in [0.25, 0.3) is 6.08 Å². The van der Waals surface area contributed by atoms with E-state index in [0.29, 0.717) is 15.6 Å². The zero-order valence-corrected chi connectivity index (χ0v) is 14.8. The number of esters is 1. The number of amides is 1. The highest BCUT2D eigenvalue weighted by atomic mass is 35.5. The van der Waals surface area contributed by atoms with Gasteiger partial charge in [0.2, 0.25) is 0 Å². The van der Waals surface area contributed by atoms with Crippen molar-refractivity contribution in [3.8, 4) is 12.1 Å². The van der Waals surface area contributed by atoms with Crippen molar-refractivity contribution in [3.05, 3.63) is 39.9 Å². The SMILES string of the molecule is N#CCCN(CCC#N)C(=O)COC(=O)/C=C/c1cccc(Cl)c1Cl. The Bertz CT molecular complexity index is 718. The number of nitriles is 2. The number of hydrogen-bond donors (Lipinski definition) is 0. The number of ether oxygens (including phenoxy) is 1. The molecule has 6 nitrogen and oxygen atoms in total. The monoisotopic (exact) mass is 379 g/mol. The van der Waals surface area contributed by atoms with Gasteiger partial charge in [0.25, 0.3) is 5.91 Å². The first-order valence-corrected chi connectivity index (χ1v) is 8.05. The van der Waals surface area contributed by atoms with E-state index in [1.54, 1.807) is 18.2 Å². The molecule has 0 aromatic heterocycles. The summed E-state index contributed by atoms with van der Waals surface area (Å²) < 4.78 is 4.88. The van der Waals surface area contributed by atoms with E-state index >= 15 is 0 Å². The van der Waals surface area contributed by atoms with Gasteiger partial charge in [0.15, 0.2) is 6.61 Å². The van der Waals surface area contributed by atoms with Crippen molar-refractivity contribution in [2.45, 2.75) is 12.8 Å². The molecule has 0 radical (unpaired) electrons. The Balaban J connectivity index is 2.57. The van der Waals surface area contributed by atoms with E-state index in [2.05, 4.69) is 0 Å². The average molecular weight is 380 g/mol. The van der Waals surface area contributed by atoms with Crippen molar-refractivity contribution in [2.75, 3.05) is 19.7 Å². The lowest BCUT2D eigenvalue weighted by atomic mass is 10.2. The van der Waals surface area contributed by atoms with Gasteiger partial charge in [-0.3, -0.25) is 4.79 Å². The topological polar surface area (TPSA) is 94.2 Å². The summed E-state index contributed by atoms with van der Waals surface area (Å²) in [7, 11) is 0. The number of carbonyl (C=O) groups is 2. The third kappa shape index (κ3) is 7.26. The predicted octanol–water partition coefficient (Wildman–Crippen LogP) is 3.21. The average Bonchev–Trinajstić information content (AvgIpc) is 2.61. The molecule has 1 aromatic rings. The minimum absolute atomic E-state index is 0.137. The first-order chi connectivity index (χ1) is 12.0. The summed E-state index contributed by atoms with van der Waals surface area (Å²) in [5, 5.41) is 17.9. The fourth-order valence-corrected chi connectivity index (χ4v) is 2.18. The van der Waals surface area contributed by atoms with Crippen molar-refractivity contribution in [1.29, 1.82) is 10.5 Å². The van der Waals surface area contributed by atoms with Gasteiger partial charge in [0.1, 0.15) is 0 Å². The van der Waals surface area contributed by atoms with Crippen LogP contribution in [-0.2, 0) is 14.3 Å². The van der Waals surface area contributed by atoms with Gasteiger partial charge in [-0.15, -0.1) is 0 Å². The molecule has 0 heterocycles. The Hall–Kier alpha value is -2.54. The molecule has 1 rings (SSSR count). The first-order valence-electron chi connectivity index (χ1n) is 7.30. The molecule has 0 spiro atoms. The number of carbonyl (C=O) groups excluding carboxylic acids is 2. The van der Waals surface area contributed by atoms with Gasteiger partial charge in [0.05, 0.1) is 35.0 Å². The lowest BCUT2D eigenvalue weighted by Gasteiger charge is -2.19. The largest absolute Gasteiger partial charge is 0.452 e. The molecule has 0 aliphatic rings. The lowest BCUT2D eigenvalue weighted by molar-refractivity contribution is -0.148. The quantitative estimate of drug-likeness (QED) is 0.510. The number of halogens is 2. The van der Waals surface area contributed by atoms with Gasteiger partial charge in [-0.1, -0.05) is 35.3 Å². The van der Waals surface area contributed by atoms with Crippen LogP contribution < -0.4 is 0 Å². The standard InChI is InChI=1S/C17H15Cl2N3O3/c18-14-5-1-4-13(17(14)19)6-7-16(24)25-12-15(23)22(10-2-8-20)11-3-9-21/h1,4-7H,2-3,10-12H2/b7-6+. The molecular formula is C17H15Cl2N3O3. The van der Waals surface area contributed by atoms with Crippen LogP contribution in [0.15, 0.2) is 24.3 Å². The zero-order chi connectivity index (χ0) is 18.7. The molecule has 1 aromatic carbocycles. The van der Waals surface area contributed by atoms with Crippen molar-refractivity contribution in [3.63, 3.8) is 0 Å². The molecule has 0 bridgehead atoms. The number of nitrogens with zero attached hydrogens (tertiary/aromatic N) is 3. The second-order valence-corrected chi connectivity index (χ2v) is 5.57. The highest BCUT2D eigenvalue weighted by Crippen LogP contribution is 2.26. The maximum Gasteiger partial charge on any atom is 0.331 e. The van der Waals surface area contributed by atoms with Gasteiger partial charge in [-0.2, -0.15) is 10.5 Å². The van der Waals surface area contributed by atoms with Crippen LogP contribution in [-0.4, -0.2) is 36.5 Å². The van der Waals surface area contributed by atoms with Crippen LogP contribution in [0.2, 0.25) is 10.0 Å². The second kappa shape index (κ2) is 11.1. The summed E-state index contributed by atoms with van der Waals surface area (Å²) in [5.41, 5.74) is 0.544. The molecule has 0 atom stereocenters. The first kappa shape index (κ1) is 20.5. The normalized spacial score (nSPS) is 10.1. The van der Waals surface area contributed by atoms with E-state index in [1.807, 2.05) is 12.1 Å². The van der Waals surface area contributed by atoms with Crippen LogP contribution in [0, 0.1) is 22.7 Å². The molecule has 130 valence electrons. The van der Waals surface area contributed by atoms with E-state index in [1.165, 1.54) is 11.0 Å². The molecule has 0 aliphatic carbocycles. The Labute approximate surface area is 155 Å². The van der Waals surface area contributed by atoms with Gasteiger partial charge >= 0.3 is 5.97 Å². The Kier molecular flexibility index (Phi) is 9.10. The minimum Gasteiger partial charge on any atom is -0.452 e. The summed E-state index contributed by atoms with van der Waals surface area (Å²) in [6.07, 6.45) is 2.85. The van der Waals surface area contributed by atoms with Crippen molar-refractivity contribution in [1.82, 2.24) is 4.90 Å². The highest BCUT2D eigenvalue weighted by Gasteiger charge is 2.14. The number of benzene rings is 1. The molecule has 0 unspecified atom stereocenters. The molecule has 0 fully saturated rings. The van der Waals surface area contributed by atoms with E-state index in [-0.39, 0.29) is 25.9 Å². The predicted molar refractivity (Wildman–Crippen MR) is 93.5 cm³/mol. The van der Waals surface area contributed by atoms with Crippen LogP contribution in [0.4, 0.5) is 0 Å². The van der Waals surface area contributed by atoms with Gasteiger partial charge in [0, 0.05) is 19.2 Å². The van der Waals surface area contributed by atoms with E-state index in [9.17, 15) is 9.59 Å². The molecule has 0 saturated heterocycles. The molecule has 1 amide bonds.